The molecule has 1 aliphatic carbocycles. The molecule has 1 saturated carbocycles. The quantitative estimate of drug-likeness (QED) is 0.721. The van der Waals surface area contributed by atoms with E-state index < -0.39 is 0 Å². The van der Waals surface area contributed by atoms with E-state index in [9.17, 15) is 4.79 Å². The van der Waals surface area contributed by atoms with Crippen LogP contribution >= 0.6 is 11.8 Å². The highest BCUT2D eigenvalue weighted by atomic mass is 32.2. The van der Waals surface area contributed by atoms with E-state index in [1.165, 1.54) is 4.90 Å². The van der Waals surface area contributed by atoms with Crippen LogP contribution in [-0.2, 0) is 11.8 Å². The van der Waals surface area contributed by atoms with Crippen molar-refractivity contribution in [3.63, 3.8) is 0 Å². The second-order valence-electron chi connectivity index (χ2n) is 3.37. The van der Waals surface area contributed by atoms with E-state index in [1.807, 2.05) is 19.4 Å². The Morgan fingerprint density at radius 1 is 1.69 bits per heavy atom. The first-order valence-corrected chi connectivity index (χ1v) is 5.29. The molecular weight excluding hydrogens is 184 g/mol. The van der Waals surface area contributed by atoms with Crippen LogP contribution in [0.1, 0.15) is 19.3 Å². The number of nitrogens with zero attached hydrogens (tertiary/aromatic N) is 2. The zero-order valence-electron chi connectivity index (χ0n) is 7.56. The molecular formula is C9H12N2OS. The van der Waals surface area contributed by atoms with Crippen molar-refractivity contribution in [2.75, 3.05) is 0 Å². The molecule has 4 heteroatoms. The standard InChI is InChI=1S/C9H12N2OS/c1-11-6-9(5-10-11)13-8-3-2-7(12)4-8/h5-6,8H,2-4H2,1H3. The maximum Gasteiger partial charge on any atom is 0.134 e. The largest absolute Gasteiger partial charge is 0.300 e. The van der Waals surface area contributed by atoms with Gasteiger partial charge in [0, 0.05) is 36.2 Å². The Morgan fingerprint density at radius 3 is 3.08 bits per heavy atom. The molecule has 0 spiro atoms. The van der Waals surface area contributed by atoms with Crippen molar-refractivity contribution in [3.8, 4) is 0 Å². The number of rotatable bonds is 2. The van der Waals surface area contributed by atoms with Gasteiger partial charge in [0.25, 0.3) is 0 Å². The van der Waals surface area contributed by atoms with Crippen molar-refractivity contribution in [1.29, 1.82) is 0 Å². The lowest BCUT2D eigenvalue weighted by atomic mass is 10.4. The Bertz CT molecular complexity index is 321. The lowest BCUT2D eigenvalue weighted by Crippen LogP contribution is -1.95. The second kappa shape index (κ2) is 3.54. The maximum atomic E-state index is 11.0. The predicted octanol–water partition coefficient (Wildman–Crippen LogP) is 1.63. The first kappa shape index (κ1) is 8.81. The predicted molar refractivity (Wildman–Crippen MR) is 51.7 cm³/mol. The van der Waals surface area contributed by atoms with Gasteiger partial charge in [0.15, 0.2) is 0 Å². The molecule has 0 amide bonds. The van der Waals surface area contributed by atoms with E-state index in [2.05, 4.69) is 5.10 Å². The van der Waals surface area contributed by atoms with Crippen LogP contribution in [0, 0.1) is 0 Å². The number of aryl methyl sites for hydroxylation is 1. The number of aromatic nitrogens is 2. The van der Waals surface area contributed by atoms with Crippen LogP contribution in [0.3, 0.4) is 0 Å². The summed E-state index contributed by atoms with van der Waals surface area (Å²) in [7, 11) is 1.91. The molecule has 0 bridgehead atoms. The van der Waals surface area contributed by atoms with Crippen molar-refractivity contribution < 1.29 is 4.79 Å². The van der Waals surface area contributed by atoms with Gasteiger partial charge in [-0.25, -0.2) is 0 Å². The lowest BCUT2D eigenvalue weighted by Gasteiger charge is -2.03. The lowest BCUT2D eigenvalue weighted by molar-refractivity contribution is -0.117. The minimum Gasteiger partial charge on any atom is -0.300 e. The van der Waals surface area contributed by atoms with Gasteiger partial charge >= 0.3 is 0 Å². The van der Waals surface area contributed by atoms with E-state index in [4.69, 9.17) is 0 Å². The summed E-state index contributed by atoms with van der Waals surface area (Å²) < 4.78 is 1.79. The van der Waals surface area contributed by atoms with E-state index in [0.717, 1.165) is 19.3 Å². The SMILES string of the molecule is Cn1cc(SC2CCC(=O)C2)cn1. The molecule has 0 N–H and O–H groups in total. The Kier molecular flexibility index (Phi) is 2.40. The molecule has 0 aromatic carbocycles. The Morgan fingerprint density at radius 2 is 2.54 bits per heavy atom. The van der Waals surface area contributed by atoms with Gasteiger partial charge in [-0.3, -0.25) is 9.48 Å². The number of hydrogen-bond acceptors (Lipinski definition) is 3. The van der Waals surface area contributed by atoms with Crippen molar-refractivity contribution in [2.24, 2.45) is 7.05 Å². The first-order chi connectivity index (χ1) is 6.24. The Balaban J connectivity index is 1.95. The van der Waals surface area contributed by atoms with Crippen LogP contribution < -0.4 is 0 Å². The third kappa shape index (κ3) is 2.12. The van der Waals surface area contributed by atoms with E-state index in [0.29, 0.717) is 11.0 Å². The molecule has 1 aliphatic rings. The summed E-state index contributed by atoms with van der Waals surface area (Å²) in [5.74, 6) is 0.404. The minimum absolute atomic E-state index is 0.404. The zero-order chi connectivity index (χ0) is 9.26. The van der Waals surface area contributed by atoms with Crippen LogP contribution in [0.15, 0.2) is 17.3 Å². The van der Waals surface area contributed by atoms with Crippen LogP contribution in [0.5, 0.6) is 0 Å². The summed E-state index contributed by atoms with van der Waals surface area (Å²) in [6.45, 7) is 0. The molecule has 0 saturated heterocycles. The third-order valence-corrected chi connectivity index (χ3v) is 3.40. The van der Waals surface area contributed by atoms with Gasteiger partial charge in [-0.2, -0.15) is 5.10 Å². The van der Waals surface area contributed by atoms with Gasteiger partial charge in [0.05, 0.1) is 6.20 Å². The second-order valence-corrected chi connectivity index (χ2v) is 4.74. The monoisotopic (exact) mass is 196 g/mol. The Hall–Kier alpha value is -0.770. The van der Waals surface area contributed by atoms with Crippen molar-refractivity contribution >= 4 is 17.5 Å². The van der Waals surface area contributed by atoms with Crippen LogP contribution in [0.4, 0.5) is 0 Å². The summed E-state index contributed by atoms with van der Waals surface area (Å²) in [5, 5.41) is 4.57. The fourth-order valence-electron chi connectivity index (χ4n) is 1.53. The smallest absolute Gasteiger partial charge is 0.134 e. The highest BCUT2D eigenvalue weighted by Gasteiger charge is 2.23. The summed E-state index contributed by atoms with van der Waals surface area (Å²) in [6, 6.07) is 0. The van der Waals surface area contributed by atoms with Gasteiger partial charge in [-0.05, 0) is 6.42 Å². The van der Waals surface area contributed by atoms with E-state index >= 15 is 0 Å². The normalized spacial score (nSPS) is 22.5. The topological polar surface area (TPSA) is 34.9 Å². The van der Waals surface area contributed by atoms with Gasteiger partial charge < -0.3 is 0 Å². The molecule has 0 radical (unpaired) electrons. The van der Waals surface area contributed by atoms with Gasteiger partial charge in [0.1, 0.15) is 5.78 Å². The molecule has 70 valence electrons. The van der Waals surface area contributed by atoms with Gasteiger partial charge in [-0.15, -0.1) is 11.8 Å². The molecule has 13 heavy (non-hydrogen) atoms. The zero-order valence-corrected chi connectivity index (χ0v) is 8.38. The van der Waals surface area contributed by atoms with Crippen LogP contribution in [-0.4, -0.2) is 20.8 Å². The first-order valence-electron chi connectivity index (χ1n) is 4.41. The average Bonchev–Trinajstić information content (AvgIpc) is 2.62. The molecule has 0 aliphatic heterocycles. The summed E-state index contributed by atoms with van der Waals surface area (Å²) in [6.07, 6.45) is 6.37. The fraction of sp³-hybridized carbons (Fsp3) is 0.556. The average molecular weight is 196 g/mol. The summed E-state index contributed by atoms with van der Waals surface area (Å²) >= 11 is 1.77. The van der Waals surface area contributed by atoms with E-state index in [1.54, 1.807) is 16.4 Å². The van der Waals surface area contributed by atoms with Gasteiger partial charge in [0.2, 0.25) is 0 Å². The molecule has 1 heterocycles. The molecule has 2 rings (SSSR count). The molecule has 1 fully saturated rings. The maximum absolute atomic E-state index is 11.0. The number of carbonyl (C=O) groups is 1. The van der Waals surface area contributed by atoms with Crippen molar-refractivity contribution in [2.45, 2.75) is 29.4 Å². The molecule has 1 unspecified atom stereocenters. The molecule has 3 nitrogen and oxygen atoms in total. The molecule has 1 aromatic heterocycles. The van der Waals surface area contributed by atoms with E-state index in [-0.39, 0.29) is 0 Å². The Labute approximate surface area is 81.5 Å². The fourth-order valence-corrected chi connectivity index (χ4v) is 2.74. The van der Waals surface area contributed by atoms with Gasteiger partial charge in [-0.1, -0.05) is 0 Å². The highest BCUT2D eigenvalue weighted by molar-refractivity contribution is 8.00. The highest BCUT2D eigenvalue weighted by Crippen LogP contribution is 2.32. The van der Waals surface area contributed by atoms with Crippen molar-refractivity contribution in [1.82, 2.24) is 9.78 Å². The number of Topliss-reactive ketones (excluding diaryl/α,β-unsaturated/α-hetero) is 1. The molecule has 1 atom stereocenters. The third-order valence-electron chi connectivity index (χ3n) is 2.18. The summed E-state index contributed by atoms with van der Waals surface area (Å²) in [4.78, 5) is 12.2. The van der Waals surface area contributed by atoms with Crippen LogP contribution in [0.25, 0.3) is 0 Å². The summed E-state index contributed by atoms with van der Waals surface area (Å²) in [5.41, 5.74) is 0. The number of hydrogen-bond donors (Lipinski definition) is 0. The van der Waals surface area contributed by atoms with Crippen LogP contribution in [0.2, 0.25) is 0 Å². The minimum atomic E-state index is 0.404. The number of thioether (sulfide) groups is 1. The number of ketones is 1. The molecule has 1 aromatic rings. The van der Waals surface area contributed by atoms with Crippen molar-refractivity contribution in [3.05, 3.63) is 12.4 Å². The number of carbonyl (C=O) groups excluding carboxylic acids is 1.